The fraction of sp³-hybridized carbons (Fsp3) is 0.345. The molecule has 1 aliphatic heterocycles. The van der Waals surface area contributed by atoms with Crippen LogP contribution in [0.3, 0.4) is 0 Å². The van der Waals surface area contributed by atoms with Crippen molar-refractivity contribution >= 4 is 28.6 Å². The summed E-state index contributed by atoms with van der Waals surface area (Å²) in [5, 5.41) is 0. The van der Waals surface area contributed by atoms with E-state index in [9.17, 15) is 4.79 Å². The molecule has 4 rings (SSSR count). The molecule has 0 bridgehead atoms. The number of carbonyl (C=O) groups excluding carboxylic acids is 1. The highest BCUT2D eigenvalue weighted by Gasteiger charge is 2.48. The van der Waals surface area contributed by atoms with Gasteiger partial charge in [0.1, 0.15) is 22.2 Å². The fourth-order valence-electron chi connectivity index (χ4n) is 4.05. The number of alkyl halides is 1. The normalized spacial score (nSPS) is 23.8. The van der Waals surface area contributed by atoms with Gasteiger partial charge in [0.25, 0.3) is 0 Å². The molecule has 0 N–H and O–H groups in total. The number of carbonyl (C=O) groups is 1. The molecule has 36 heavy (non-hydrogen) atoms. The highest BCUT2D eigenvalue weighted by molar-refractivity contribution is 14.1. The summed E-state index contributed by atoms with van der Waals surface area (Å²) in [7, 11) is 0. The lowest BCUT2D eigenvalue weighted by Crippen LogP contribution is -2.59. The van der Waals surface area contributed by atoms with Gasteiger partial charge in [-0.3, -0.25) is 4.79 Å². The molecule has 0 aliphatic carbocycles. The molecule has 3 aromatic carbocycles. The first-order chi connectivity index (χ1) is 17.6. The quantitative estimate of drug-likeness (QED) is 0.165. The van der Waals surface area contributed by atoms with Crippen LogP contribution in [0.4, 0.5) is 0 Å². The minimum atomic E-state index is -0.772. The molecule has 0 saturated carbocycles. The number of ether oxygens (including phenoxy) is 5. The predicted octanol–water partition coefficient (Wildman–Crippen LogP) is 5.47. The first-order valence-corrected chi connectivity index (χ1v) is 13.2. The molecule has 1 saturated heterocycles. The van der Waals surface area contributed by atoms with Crippen LogP contribution in [-0.4, -0.2) is 41.1 Å². The van der Waals surface area contributed by atoms with Crippen molar-refractivity contribution in [3.8, 4) is 0 Å². The van der Waals surface area contributed by atoms with Crippen LogP contribution >= 0.6 is 22.6 Å². The summed E-state index contributed by atoms with van der Waals surface area (Å²) in [5.74, 6) is -0.406. The average molecular weight is 602 g/mol. The summed E-state index contributed by atoms with van der Waals surface area (Å²) in [4.78, 5) is 11.8. The molecule has 7 heteroatoms. The minimum absolute atomic E-state index is 0.265. The van der Waals surface area contributed by atoms with Crippen molar-refractivity contribution in [2.24, 2.45) is 0 Å². The molecule has 0 amide bonds. The van der Waals surface area contributed by atoms with Gasteiger partial charge in [0.15, 0.2) is 0 Å². The summed E-state index contributed by atoms with van der Waals surface area (Å²) < 4.78 is 30.4. The van der Waals surface area contributed by atoms with Crippen molar-refractivity contribution in [1.29, 1.82) is 0 Å². The zero-order chi connectivity index (χ0) is 25.2. The third-order valence-corrected chi connectivity index (χ3v) is 7.12. The van der Waals surface area contributed by atoms with E-state index >= 15 is 0 Å². The summed E-state index contributed by atoms with van der Waals surface area (Å²) >= 11 is 2.24. The smallest absolute Gasteiger partial charge is 0.304 e. The Morgan fingerprint density at radius 3 is 1.72 bits per heavy atom. The van der Waals surface area contributed by atoms with E-state index in [2.05, 4.69) is 22.6 Å². The number of rotatable bonds is 11. The Balaban J connectivity index is 1.52. The van der Waals surface area contributed by atoms with Gasteiger partial charge >= 0.3 is 5.97 Å². The van der Waals surface area contributed by atoms with Crippen LogP contribution in [0.5, 0.6) is 0 Å². The van der Waals surface area contributed by atoms with Crippen LogP contribution in [0.15, 0.2) is 91.0 Å². The Bertz CT molecular complexity index is 1050. The molecular weight excluding hydrogens is 571 g/mol. The van der Waals surface area contributed by atoms with Crippen molar-refractivity contribution < 1.29 is 28.5 Å². The number of hydrogen-bond donors (Lipinski definition) is 0. The highest BCUT2D eigenvalue weighted by atomic mass is 127. The van der Waals surface area contributed by atoms with Gasteiger partial charge in [-0.05, 0) is 16.7 Å². The molecule has 6 nitrogen and oxygen atoms in total. The Kier molecular flexibility index (Phi) is 10.3. The van der Waals surface area contributed by atoms with Gasteiger partial charge in [-0.15, -0.1) is 0 Å². The molecule has 0 spiro atoms. The minimum Gasteiger partial charge on any atom is -0.435 e. The molecule has 5 atom stereocenters. The standard InChI is InChI=1S/C29H31IO6/c1-21(31)35-29-26(30)28(34-19-24-15-9-4-10-16-24)27(33-18-23-13-7-3-8-14-23)25(36-29)20-32-17-22-11-5-2-6-12-22/h2-16,25-29H,17-20H2,1H3/t25-,26-,27+,28-,29-/m1/s1. The maximum Gasteiger partial charge on any atom is 0.304 e. The monoisotopic (exact) mass is 602 g/mol. The lowest BCUT2D eigenvalue weighted by Gasteiger charge is -2.43. The fourth-order valence-corrected chi connectivity index (χ4v) is 4.99. The molecule has 3 aromatic rings. The van der Waals surface area contributed by atoms with Crippen LogP contribution in [0.1, 0.15) is 23.6 Å². The third-order valence-electron chi connectivity index (χ3n) is 5.82. The topological polar surface area (TPSA) is 63.2 Å². The second-order valence-electron chi connectivity index (χ2n) is 8.62. The Morgan fingerprint density at radius 2 is 1.22 bits per heavy atom. The summed E-state index contributed by atoms with van der Waals surface area (Å²) in [6.45, 7) is 2.89. The van der Waals surface area contributed by atoms with Crippen LogP contribution in [-0.2, 0) is 48.3 Å². The Hall–Kier alpha value is -2.30. The molecule has 0 unspecified atom stereocenters. The molecule has 1 heterocycles. The molecule has 1 aliphatic rings. The van der Waals surface area contributed by atoms with Crippen LogP contribution in [0, 0.1) is 0 Å². The highest BCUT2D eigenvalue weighted by Crippen LogP contribution is 2.33. The maximum atomic E-state index is 11.8. The van der Waals surface area contributed by atoms with Crippen molar-refractivity contribution in [2.75, 3.05) is 6.61 Å². The van der Waals surface area contributed by atoms with Crippen molar-refractivity contribution in [1.82, 2.24) is 0 Å². The Labute approximate surface area is 226 Å². The van der Waals surface area contributed by atoms with Crippen LogP contribution in [0.2, 0.25) is 0 Å². The van der Waals surface area contributed by atoms with E-state index in [-0.39, 0.29) is 10.5 Å². The van der Waals surface area contributed by atoms with Gasteiger partial charge in [-0.1, -0.05) is 114 Å². The van der Waals surface area contributed by atoms with Gasteiger partial charge in [0.05, 0.1) is 26.4 Å². The van der Waals surface area contributed by atoms with Gasteiger partial charge in [0, 0.05) is 6.92 Å². The first-order valence-electron chi connectivity index (χ1n) is 12.0. The molecule has 190 valence electrons. The zero-order valence-electron chi connectivity index (χ0n) is 20.2. The van der Waals surface area contributed by atoms with E-state index in [4.69, 9.17) is 23.7 Å². The van der Waals surface area contributed by atoms with Crippen molar-refractivity contribution in [3.63, 3.8) is 0 Å². The molecule has 1 fully saturated rings. The molecule has 0 radical (unpaired) electrons. The Morgan fingerprint density at radius 1 is 0.750 bits per heavy atom. The van der Waals surface area contributed by atoms with Crippen molar-refractivity contribution in [3.05, 3.63) is 108 Å². The number of halogens is 1. The second kappa shape index (κ2) is 13.9. The van der Waals surface area contributed by atoms with E-state index in [0.717, 1.165) is 16.7 Å². The zero-order valence-corrected chi connectivity index (χ0v) is 22.4. The lowest BCUT2D eigenvalue weighted by atomic mass is 10.0. The van der Waals surface area contributed by atoms with Gasteiger partial charge in [-0.2, -0.15) is 0 Å². The number of esters is 1. The average Bonchev–Trinajstić information content (AvgIpc) is 2.90. The van der Waals surface area contributed by atoms with E-state index in [1.807, 2.05) is 91.0 Å². The summed E-state index contributed by atoms with van der Waals surface area (Å²) in [6, 6.07) is 29.9. The molecule has 0 aromatic heterocycles. The summed E-state index contributed by atoms with van der Waals surface area (Å²) in [6.07, 6.45) is -2.09. The van der Waals surface area contributed by atoms with Gasteiger partial charge in [-0.25, -0.2) is 0 Å². The predicted molar refractivity (Wildman–Crippen MR) is 144 cm³/mol. The largest absolute Gasteiger partial charge is 0.435 e. The number of hydrogen-bond acceptors (Lipinski definition) is 6. The summed E-state index contributed by atoms with van der Waals surface area (Å²) in [5.41, 5.74) is 3.17. The van der Waals surface area contributed by atoms with Crippen molar-refractivity contribution in [2.45, 2.75) is 55.3 Å². The molecular formula is C29H31IO6. The van der Waals surface area contributed by atoms with Gasteiger partial charge in [0.2, 0.25) is 6.29 Å². The maximum absolute atomic E-state index is 11.8. The van der Waals surface area contributed by atoms with Crippen LogP contribution in [0.25, 0.3) is 0 Å². The van der Waals surface area contributed by atoms with E-state index in [1.54, 1.807) is 0 Å². The SMILES string of the molecule is CC(=O)O[C@@H]1O[C@H](COCc2ccccc2)[C@H](OCc2ccccc2)[C@H](OCc2ccccc2)[C@H]1I. The van der Waals surface area contributed by atoms with Gasteiger partial charge < -0.3 is 23.7 Å². The van der Waals surface area contributed by atoms with E-state index < -0.39 is 30.6 Å². The van der Waals surface area contributed by atoms with E-state index in [0.29, 0.717) is 19.8 Å². The second-order valence-corrected chi connectivity index (χ2v) is 10.1. The lowest BCUT2D eigenvalue weighted by molar-refractivity contribution is -0.265. The number of benzene rings is 3. The third kappa shape index (κ3) is 7.85. The first kappa shape index (κ1) is 26.8. The van der Waals surface area contributed by atoms with Crippen LogP contribution < -0.4 is 0 Å². The van der Waals surface area contributed by atoms with E-state index in [1.165, 1.54) is 6.92 Å².